The van der Waals surface area contributed by atoms with Gasteiger partial charge in [0.15, 0.2) is 0 Å². The minimum absolute atomic E-state index is 0.212. The summed E-state index contributed by atoms with van der Waals surface area (Å²) in [6, 6.07) is 3.77. The molecule has 0 aliphatic carbocycles. The Morgan fingerprint density at radius 1 is 1.36 bits per heavy atom. The van der Waals surface area contributed by atoms with Crippen LogP contribution in [0.1, 0.15) is 19.4 Å². The van der Waals surface area contributed by atoms with Crippen molar-refractivity contribution >= 4 is 11.4 Å². The molecule has 0 atom stereocenters. The molecule has 0 radical (unpaired) electrons. The summed E-state index contributed by atoms with van der Waals surface area (Å²) in [5.41, 5.74) is 8.09. The highest BCUT2D eigenvalue weighted by molar-refractivity contribution is 5.74. The van der Waals surface area contributed by atoms with Crippen LogP contribution < -0.4 is 16.0 Å². The van der Waals surface area contributed by atoms with Crippen molar-refractivity contribution in [1.82, 2.24) is 5.53 Å². The molecule has 1 aromatic carbocycles. The summed E-state index contributed by atoms with van der Waals surface area (Å²) < 4.78 is 13.5. The molecule has 1 aromatic rings. The number of anilines is 2. The largest absolute Gasteiger partial charge is 0.299 e. The number of benzene rings is 1. The SMILES string of the molecule is Cc1cc(F)c2c(c1)N(C(C)C)NN2. The molecule has 0 aromatic heterocycles. The van der Waals surface area contributed by atoms with Gasteiger partial charge >= 0.3 is 0 Å². The van der Waals surface area contributed by atoms with E-state index in [1.807, 2.05) is 31.8 Å². The third-order valence-electron chi connectivity index (χ3n) is 2.29. The first-order valence-electron chi connectivity index (χ1n) is 4.70. The highest BCUT2D eigenvalue weighted by Gasteiger charge is 2.23. The van der Waals surface area contributed by atoms with Crippen molar-refractivity contribution in [3.8, 4) is 0 Å². The van der Waals surface area contributed by atoms with Crippen LogP contribution in [0.5, 0.6) is 0 Å². The van der Waals surface area contributed by atoms with Crippen LogP contribution in [0.2, 0.25) is 0 Å². The van der Waals surface area contributed by atoms with Crippen LogP contribution in [-0.4, -0.2) is 6.04 Å². The summed E-state index contributed by atoms with van der Waals surface area (Å²) in [4.78, 5) is 0. The number of halogens is 1. The van der Waals surface area contributed by atoms with Gasteiger partial charge in [0, 0.05) is 6.04 Å². The Morgan fingerprint density at radius 3 is 2.71 bits per heavy atom. The maximum Gasteiger partial charge on any atom is 0.150 e. The number of hydrazine groups is 2. The van der Waals surface area contributed by atoms with Crippen LogP contribution >= 0.6 is 0 Å². The Labute approximate surface area is 82.9 Å². The normalized spacial score (nSPS) is 14.5. The number of aryl methyl sites for hydroxylation is 1. The maximum absolute atomic E-state index is 13.5. The number of fused-ring (bicyclic) bond motifs is 1. The van der Waals surface area contributed by atoms with Crippen molar-refractivity contribution in [2.75, 3.05) is 10.4 Å². The van der Waals surface area contributed by atoms with Gasteiger partial charge in [-0.3, -0.25) is 10.4 Å². The molecule has 76 valence electrons. The highest BCUT2D eigenvalue weighted by Crippen LogP contribution is 2.33. The van der Waals surface area contributed by atoms with E-state index in [4.69, 9.17) is 0 Å². The van der Waals surface area contributed by atoms with Crippen LogP contribution in [0.3, 0.4) is 0 Å². The van der Waals surface area contributed by atoms with Crippen molar-refractivity contribution in [2.45, 2.75) is 26.8 Å². The zero-order valence-corrected chi connectivity index (χ0v) is 8.56. The van der Waals surface area contributed by atoms with Crippen LogP contribution in [0.4, 0.5) is 15.8 Å². The molecule has 0 amide bonds. The molecule has 4 heteroatoms. The van der Waals surface area contributed by atoms with E-state index in [-0.39, 0.29) is 11.9 Å². The Bertz CT molecular complexity index is 363. The predicted octanol–water partition coefficient (Wildman–Crippen LogP) is 2.19. The Balaban J connectivity index is 2.49. The lowest BCUT2D eigenvalue weighted by Gasteiger charge is -2.22. The predicted molar refractivity (Wildman–Crippen MR) is 55.5 cm³/mol. The smallest absolute Gasteiger partial charge is 0.150 e. The van der Waals surface area contributed by atoms with Gasteiger partial charge in [-0.25, -0.2) is 4.39 Å². The minimum atomic E-state index is -0.212. The average Bonchev–Trinajstić information content (AvgIpc) is 2.47. The lowest BCUT2D eigenvalue weighted by Crippen LogP contribution is -2.41. The average molecular weight is 195 g/mol. The van der Waals surface area contributed by atoms with Gasteiger partial charge < -0.3 is 0 Å². The van der Waals surface area contributed by atoms with Gasteiger partial charge in [0.25, 0.3) is 0 Å². The number of hydrogen-bond acceptors (Lipinski definition) is 3. The molecular formula is C10H14FN3. The van der Waals surface area contributed by atoms with E-state index in [1.165, 1.54) is 6.07 Å². The molecule has 0 fully saturated rings. The Kier molecular flexibility index (Phi) is 2.07. The van der Waals surface area contributed by atoms with Crippen LogP contribution in [0.25, 0.3) is 0 Å². The third kappa shape index (κ3) is 1.32. The van der Waals surface area contributed by atoms with E-state index in [0.29, 0.717) is 5.69 Å². The molecule has 14 heavy (non-hydrogen) atoms. The molecule has 1 aliphatic heterocycles. The van der Waals surface area contributed by atoms with Gasteiger partial charge in [-0.15, -0.1) is 5.53 Å². The first-order chi connectivity index (χ1) is 6.59. The quantitative estimate of drug-likeness (QED) is 0.719. The second-order valence-electron chi connectivity index (χ2n) is 3.84. The van der Waals surface area contributed by atoms with Gasteiger partial charge in [0.1, 0.15) is 11.5 Å². The fourth-order valence-corrected chi connectivity index (χ4v) is 1.62. The van der Waals surface area contributed by atoms with Gasteiger partial charge in [-0.2, -0.15) is 0 Å². The zero-order valence-electron chi connectivity index (χ0n) is 8.56. The maximum atomic E-state index is 13.5. The number of hydrogen-bond donors (Lipinski definition) is 2. The lowest BCUT2D eigenvalue weighted by molar-refractivity contribution is 0.626. The first kappa shape index (κ1) is 9.27. The van der Waals surface area contributed by atoms with Crippen molar-refractivity contribution < 1.29 is 4.39 Å². The van der Waals surface area contributed by atoms with E-state index in [9.17, 15) is 4.39 Å². The molecule has 1 aliphatic rings. The monoisotopic (exact) mass is 195 g/mol. The molecule has 1 heterocycles. The topological polar surface area (TPSA) is 27.3 Å². The van der Waals surface area contributed by atoms with E-state index >= 15 is 0 Å². The lowest BCUT2D eigenvalue weighted by atomic mass is 10.1. The van der Waals surface area contributed by atoms with Crippen molar-refractivity contribution in [2.24, 2.45) is 0 Å². The van der Waals surface area contributed by atoms with E-state index < -0.39 is 0 Å². The summed E-state index contributed by atoms with van der Waals surface area (Å²) in [7, 11) is 0. The molecule has 3 nitrogen and oxygen atoms in total. The second kappa shape index (κ2) is 3.13. The highest BCUT2D eigenvalue weighted by atomic mass is 19.1. The minimum Gasteiger partial charge on any atom is -0.299 e. The molecule has 0 saturated heterocycles. The summed E-state index contributed by atoms with van der Waals surface area (Å²) in [6.07, 6.45) is 0. The van der Waals surface area contributed by atoms with Gasteiger partial charge in [-0.1, -0.05) is 0 Å². The van der Waals surface area contributed by atoms with E-state index in [2.05, 4.69) is 11.0 Å². The Hall–Kier alpha value is -1.29. The number of rotatable bonds is 1. The summed E-state index contributed by atoms with van der Waals surface area (Å²) in [5.74, 6) is -0.212. The molecule has 0 unspecified atom stereocenters. The third-order valence-corrected chi connectivity index (χ3v) is 2.29. The second-order valence-corrected chi connectivity index (χ2v) is 3.84. The van der Waals surface area contributed by atoms with Crippen molar-refractivity contribution in [3.63, 3.8) is 0 Å². The molecular weight excluding hydrogens is 181 g/mol. The Morgan fingerprint density at radius 2 is 2.07 bits per heavy atom. The standard InChI is InChI=1S/C10H14FN3/c1-6(2)14-9-5-7(3)4-8(11)10(9)12-13-14/h4-6,12-13H,1-3H3. The first-order valence-corrected chi connectivity index (χ1v) is 4.70. The van der Waals surface area contributed by atoms with Crippen LogP contribution in [0, 0.1) is 12.7 Å². The fourth-order valence-electron chi connectivity index (χ4n) is 1.62. The zero-order chi connectivity index (χ0) is 10.3. The van der Waals surface area contributed by atoms with Crippen molar-refractivity contribution in [3.05, 3.63) is 23.5 Å². The molecule has 2 N–H and O–H groups in total. The molecule has 0 spiro atoms. The van der Waals surface area contributed by atoms with E-state index in [0.717, 1.165) is 11.3 Å². The van der Waals surface area contributed by atoms with Crippen LogP contribution in [0.15, 0.2) is 12.1 Å². The van der Waals surface area contributed by atoms with Gasteiger partial charge in [0.05, 0.1) is 5.69 Å². The summed E-state index contributed by atoms with van der Waals surface area (Å²) >= 11 is 0. The number of nitrogens with one attached hydrogen (secondary N) is 2. The van der Waals surface area contributed by atoms with Crippen LogP contribution in [-0.2, 0) is 0 Å². The summed E-state index contributed by atoms with van der Waals surface area (Å²) in [6.45, 7) is 5.98. The van der Waals surface area contributed by atoms with Crippen molar-refractivity contribution in [1.29, 1.82) is 0 Å². The summed E-state index contributed by atoms with van der Waals surface area (Å²) in [5, 5.41) is 1.91. The van der Waals surface area contributed by atoms with E-state index in [1.54, 1.807) is 0 Å². The molecule has 2 rings (SSSR count). The molecule has 0 bridgehead atoms. The van der Waals surface area contributed by atoms with Gasteiger partial charge in [-0.05, 0) is 38.5 Å². The van der Waals surface area contributed by atoms with Gasteiger partial charge in [0.2, 0.25) is 0 Å². The molecule has 0 saturated carbocycles. The number of nitrogens with zero attached hydrogens (tertiary/aromatic N) is 1. The fraction of sp³-hybridized carbons (Fsp3) is 0.400.